The topological polar surface area (TPSA) is 117 Å². The fraction of sp³-hybridized carbons (Fsp3) is 0.447. The number of urea groups is 1. The summed E-state index contributed by atoms with van der Waals surface area (Å²) in [4.78, 5) is 53.4. The number of carbonyl (C=O) groups is 3. The number of hydrogen-bond acceptors (Lipinski definition) is 8. The lowest BCUT2D eigenvalue weighted by atomic mass is 9.94. The van der Waals surface area contributed by atoms with Crippen molar-refractivity contribution >= 4 is 40.7 Å². The molecule has 0 bridgehead atoms. The number of nitrogens with one attached hydrogen (secondary N) is 2. The fourth-order valence-electron chi connectivity index (χ4n) is 5.63. The molecule has 0 saturated heterocycles. The number of amides is 4. The van der Waals surface area contributed by atoms with E-state index in [2.05, 4.69) is 46.6 Å². The molecule has 2 aromatic heterocycles. The Hall–Kier alpha value is -4.29. The van der Waals surface area contributed by atoms with Crippen LogP contribution in [0.5, 0.6) is 0 Å². The van der Waals surface area contributed by atoms with Gasteiger partial charge in [-0.1, -0.05) is 88.4 Å². The Labute approximate surface area is 304 Å². The largest absolute Gasteiger partial charge is 0.444 e. The van der Waals surface area contributed by atoms with Gasteiger partial charge in [0.05, 0.1) is 27.6 Å². The second kappa shape index (κ2) is 19.2. The molecule has 2 N–H and O–H groups in total. The lowest BCUT2D eigenvalue weighted by molar-refractivity contribution is -0.135. The smallest absolute Gasteiger partial charge is 0.407 e. The van der Waals surface area contributed by atoms with Crippen molar-refractivity contribution in [2.24, 2.45) is 5.92 Å². The maximum Gasteiger partial charge on any atom is 0.407 e. The van der Waals surface area contributed by atoms with Crippen molar-refractivity contribution in [1.82, 2.24) is 30.4 Å². The summed E-state index contributed by atoms with van der Waals surface area (Å²) < 4.78 is 5.51. The second-order valence-corrected chi connectivity index (χ2v) is 15.2. The quantitative estimate of drug-likeness (QED) is 0.119. The van der Waals surface area contributed by atoms with Crippen molar-refractivity contribution in [3.63, 3.8) is 0 Å². The maximum absolute atomic E-state index is 14.2. The first-order chi connectivity index (χ1) is 24.0. The van der Waals surface area contributed by atoms with Gasteiger partial charge in [0.1, 0.15) is 12.6 Å². The number of ether oxygens (including phenoxy) is 1. The van der Waals surface area contributed by atoms with Gasteiger partial charge in [-0.3, -0.25) is 9.78 Å². The first-order valence-electron chi connectivity index (χ1n) is 17.1. The molecular formula is C38H50N6O4S2. The number of hydrogen-bond donors (Lipinski definition) is 2. The fourth-order valence-corrected chi connectivity index (χ4v) is 6.96. The predicted octanol–water partition coefficient (Wildman–Crippen LogP) is 7.28. The van der Waals surface area contributed by atoms with E-state index in [0.29, 0.717) is 38.1 Å². The van der Waals surface area contributed by atoms with E-state index >= 15 is 0 Å². The highest BCUT2D eigenvalue weighted by molar-refractivity contribution is 7.09. The molecule has 3 atom stereocenters. The Kier molecular flexibility index (Phi) is 14.8. The number of carbonyl (C=O) groups excluding carboxylic acids is 3. The lowest BCUT2D eigenvalue weighted by Gasteiger charge is -2.34. The first kappa shape index (κ1) is 38.5. The Balaban J connectivity index is 1.47. The highest BCUT2D eigenvalue weighted by Gasteiger charge is 2.32. The van der Waals surface area contributed by atoms with Gasteiger partial charge in [-0.2, -0.15) is 0 Å². The van der Waals surface area contributed by atoms with Gasteiger partial charge in [0.15, 0.2) is 0 Å². The van der Waals surface area contributed by atoms with Gasteiger partial charge in [-0.05, 0) is 42.7 Å². The van der Waals surface area contributed by atoms with Crippen molar-refractivity contribution in [3.8, 4) is 0 Å². The summed E-state index contributed by atoms with van der Waals surface area (Å²) in [5, 5.41) is 9.09. The maximum atomic E-state index is 14.2. The summed E-state index contributed by atoms with van der Waals surface area (Å²) in [6, 6.07) is 18.6. The molecule has 12 heteroatoms. The number of likely N-dealkylation sites (N-methyl/N-ethyl adjacent to an activating group) is 1. The molecule has 0 aliphatic carbocycles. The molecule has 2 heterocycles. The molecule has 0 spiro atoms. The summed E-state index contributed by atoms with van der Waals surface area (Å²) >= 11 is 3.03. The molecule has 0 saturated carbocycles. The van der Waals surface area contributed by atoms with Crippen LogP contribution < -0.4 is 10.6 Å². The number of benzene rings is 2. The molecule has 4 rings (SSSR count). The minimum Gasteiger partial charge on any atom is -0.444 e. The molecule has 10 nitrogen and oxygen atoms in total. The molecule has 4 amide bonds. The molecule has 0 aliphatic rings. The Morgan fingerprint density at radius 2 is 1.52 bits per heavy atom. The van der Waals surface area contributed by atoms with E-state index in [9.17, 15) is 14.4 Å². The average molecular weight is 719 g/mol. The molecule has 0 radical (unpaired) electrons. The van der Waals surface area contributed by atoms with Gasteiger partial charge in [0, 0.05) is 43.7 Å². The van der Waals surface area contributed by atoms with Gasteiger partial charge < -0.3 is 25.2 Å². The highest BCUT2D eigenvalue weighted by Crippen LogP contribution is 2.21. The zero-order chi connectivity index (χ0) is 36.0. The molecule has 2 aromatic carbocycles. The van der Waals surface area contributed by atoms with E-state index in [0.717, 1.165) is 26.7 Å². The predicted molar refractivity (Wildman–Crippen MR) is 200 cm³/mol. The zero-order valence-electron chi connectivity index (χ0n) is 29.9. The SMILES string of the molecule is CC(C)c1nc(CN(C)C(=O)N[C@H](C(=O)N(C)[C@H](CC[C@H](Cc2ccccc2)NC(=O)OCc2cncs2)Cc2ccccc2)C(C)C)cs1. The van der Waals surface area contributed by atoms with Crippen LogP contribution in [0.15, 0.2) is 77.8 Å². The van der Waals surface area contributed by atoms with Crippen LogP contribution in [0.2, 0.25) is 0 Å². The van der Waals surface area contributed by atoms with Crippen molar-refractivity contribution in [2.75, 3.05) is 14.1 Å². The number of rotatable bonds is 17. The molecule has 0 fully saturated rings. The molecular weight excluding hydrogens is 669 g/mol. The Morgan fingerprint density at radius 1 is 0.860 bits per heavy atom. The summed E-state index contributed by atoms with van der Waals surface area (Å²) in [6.07, 6.45) is 3.65. The van der Waals surface area contributed by atoms with Gasteiger partial charge in [-0.15, -0.1) is 22.7 Å². The van der Waals surface area contributed by atoms with Crippen LogP contribution in [0.4, 0.5) is 9.59 Å². The number of aromatic nitrogens is 2. The summed E-state index contributed by atoms with van der Waals surface area (Å²) in [5.74, 6) is 0.0184. The highest BCUT2D eigenvalue weighted by atomic mass is 32.1. The van der Waals surface area contributed by atoms with E-state index in [1.165, 1.54) is 11.3 Å². The van der Waals surface area contributed by atoms with Crippen LogP contribution in [0.1, 0.15) is 73.2 Å². The third-order valence-electron chi connectivity index (χ3n) is 8.55. The van der Waals surface area contributed by atoms with E-state index < -0.39 is 12.1 Å². The Bertz CT molecular complexity index is 1610. The first-order valence-corrected chi connectivity index (χ1v) is 18.9. The summed E-state index contributed by atoms with van der Waals surface area (Å²) in [5.41, 5.74) is 4.73. The third kappa shape index (κ3) is 11.9. The van der Waals surface area contributed by atoms with Crippen molar-refractivity contribution in [2.45, 2.75) is 90.6 Å². The van der Waals surface area contributed by atoms with Crippen molar-refractivity contribution in [1.29, 1.82) is 0 Å². The van der Waals surface area contributed by atoms with Crippen LogP contribution in [-0.2, 0) is 35.5 Å². The van der Waals surface area contributed by atoms with Crippen molar-refractivity contribution in [3.05, 3.63) is 104 Å². The monoisotopic (exact) mass is 718 g/mol. The van der Waals surface area contributed by atoms with Crippen LogP contribution in [0, 0.1) is 5.92 Å². The molecule has 0 aliphatic heterocycles. The average Bonchev–Trinajstić information content (AvgIpc) is 3.81. The summed E-state index contributed by atoms with van der Waals surface area (Å²) in [6.45, 7) is 8.58. The molecule has 4 aromatic rings. The molecule has 0 unspecified atom stereocenters. The van der Waals surface area contributed by atoms with E-state index in [1.807, 2.05) is 74.8 Å². The van der Waals surface area contributed by atoms with Crippen molar-refractivity contribution < 1.29 is 19.1 Å². The van der Waals surface area contributed by atoms with Crippen LogP contribution >= 0.6 is 22.7 Å². The minimum absolute atomic E-state index is 0.146. The van der Waals surface area contributed by atoms with Gasteiger partial charge in [0.2, 0.25) is 5.91 Å². The number of thiazole rings is 2. The number of alkyl carbamates (subject to hydrolysis) is 1. The van der Waals surface area contributed by atoms with Gasteiger partial charge >= 0.3 is 12.1 Å². The van der Waals surface area contributed by atoms with Gasteiger partial charge in [0.25, 0.3) is 0 Å². The van der Waals surface area contributed by atoms with Gasteiger partial charge in [-0.25, -0.2) is 14.6 Å². The van der Waals surface area contributed by atoms with E-state index in [4.69, 9.17) is 4.74 Å². The van der Waals surface area contributed by atoms with Crippen LogP contribution in [0.3, 0.4) is 0 Å². The third-order valence-corrected chi connectivity index (χ3v) is 10.5. The minimum atomic E-state index is -0.727. The number of nitrogens with zero attached hydrogens (tertiary/aromatic N) is 4. The van der Waals surface area contributed by atoms with E-state index in [1.54, 1.807) is 39.9 Å². The lowest BCUT2D eigenvalue weighted by Crippen LogP contribution is -2.55. The van der Waals surface area contributed by atoms with Crippen LogP contribution in [-0.4, -0.2) is 70.0 Å². The zero-order valence-corrected chi connectivity index (χ0v) is 31.5. The normalized spacial score (nSPS) is 13.0. The second-order valence-electron chi connectivity index (χ2n) is 13.3. The van der Waals surface area contributed by atoms with Crippen LogP contribution in [0.25, 0.3) is 0 Å². The molecule has 268 valence electrons. The summed E-state index contributed by atoms with van der Waals surface area (Å²) in [7, 11) is 3.53. The Morgan fingerprint density at radius 3 is 2.10 bits per heavy atom. The molecule has 50 heavy (non-hydrogen) atoms. The standard InChI is InChI=1S/C38H50N6O4S2/c1-26(2)34(42-37(46)43(5)22-31-24-49-35(40-31)27(3)4)36(45)44(6)32(20-29-15-11-8-12-16-29)18-17-30(19-28-13-9-7-10-14-28)41-38(47)48-23-33-21-39-25-50-33/h7-16,21,24-27,30,32,34H,17-20,22-23H2,1-6H3,(H,41,47)(H,42,46)/t30-,32-,34+/m1/s1. The van der Waals surface area contributed by atoms with E-state index in [-0.39, 0.29) is 36.5 Å².